The predicted molar refractivity (Wildman–Crippen MR) is 64.9 cm³/mol. The Hall–Kier alpha value is -0.390. The fourth-order valence-electron chi connectivity index (χ4n) is 1.96. The molecule has 0 fully saturated rings. The van der Waals surface area contributed by atoms with Crippen molar-refractivity contribution in [1.29, 1.82) is 0 Å². The van der Waals surface area contributed by atoms with Crippen LogP contribution in [0.3, 0.4) is 0 Å². The lowest BCUT2D eigenvalue weighted by molar-refractivity contribution is -0.117. The summed E-state index contributed by atoms with van der Waals surface area (Å²) in [5, 5.41) is 3.20. The van der Waals surface area contributed by atoms with Crippen LogP contribution < -0.4 is 11.1 Å². The number of hydrogen-bond acceptors (Lipinski definition) is 3. The van der Waals surface area contributed by atoms with Gasteiger partial charge >= 0.3 is 0 Å². The second kappa shape index (κ2) is 4.63. The maximum absolute atomic E-state index is 10.7. The first-order valence-electron chi connectivity index (χ1n) is 4.96. The lowest BCUT2D eigenvalue weighted by Crippen LogP contribution is -2.32. The molecule has 5 heteroatoms. The van der Waals surface area contributed by atoms with Crippen LogP contribution in [0.2, 0.25) is 0 Å². The quantitative estimate of drug-likeness (QED) is 0.893. The molecule has 1 heterocycles. The molecule has 3 N–H and O–H groups in total. The molecule has 1 aromatic rings. The van der Waals surface area contributed by atoms with E-state index in [9.17, 15) is 4.79 Å². The van der Waals surface area contributed by atoms with Crippen LogP contribution in [0.15, 0.2) is 9.85 Å². The summed E-state index contributed by atoms with van der Waals surface area (Å²) in [5.74, 6) is -0.295. The molecule has 1 aromatic heterocycles. The van der Waals surface area contributed by atoms with Crippen molar-refractivity contribution < 1.29 is 4.79 Å². The molecular formula is C10H13BrN2OS. The standard InChI is InChI=1S/C10H13BrN2OS/c11-9-4-6-7(13-5-10(12)14)2-1-3-8(6)15-9/h4,7,13H,1-3,5H2,(H2,12,14). The number of nitrogens with two attached hydrogens (primary N) is 1. The molecule has 0 saturated heterocycles. The number of primary amides is 1. The summed E-state index contributed by atoms with van der Waals surface area (Å²) in [4.78, 5) is 12.1. The highest BCUT2D eigenvalue weighted by molar-refractivity contribution is 9.11. The van der Waals surface area contributed by atoms with Gasteiger partial charge in [-0.25, -0.2) is 0 Å². The van der Waals surface area contributed by atoms with Gasteiger partial charge in [0, 0.05) is 10.9 Å². The van der Waals surface area contributed by atoms with E-state index in [2.05, 4.69) is 27.3 Å². The number of nitrogens with one attached hydrogen (secondary N) is 1. The van der Waals surface area contributed by atoms with Gasteiger partial charge in [-0.1, -0.05) is 0 Å². The van der Waals surface area contributed by atoms with E-state index in [1.807, 2.05) is 0 Å². The first-order chi connectivity index (χ1) is 7.16. The highest BCUT2D eigenvalue weighted by atomic mass is 79.9. The van der Waals surface area contributed by atoms with E-state index >= 15 is 0 Å². The molecule has 0 aliphatic heterocycles. The van der Waals surface area contributed by atoms with Gasteiger partial charge in [0.1, 0.15) is 0 Å². The number of carbonyl (C=O) groups is 1. The average Bonchev–Trinajstić information content (AvgIpc) is 2.55. The number of fused-ring (bicyclic) bond motifs is 1. The molecule has 1 atom stereocenters. The van der Waals surface area contributed by atoms with E-state index < -0.39 is 0 Å². The summed E-state index contributed by atoms with van der Waals surface area (Å²) in [6, 6.07) is 2.45. The van der Waals surface area contributed by atoms with Crippen LogP contribution in [0, 0.1) is 0 Å². The van der Waals surface area contributed by atoms with E-state index in [1.165, 1.54) is 20.6 Å². The number of halogens is 1. The molecule has 82 valence electrons. The van der Waals surface area contributed by atoms with Gasteiger partial charge in [-0.15, -0.1) is 11.3 Å². The highest BCUT2D eigenvalue weighted by Gasteiger charge is 2.22. The SMILES string of the molecule is NC(=O)CNC1CCCc2sc(Br)cc21. The van der Waals surface area contributed by atoms with Gasteiger partial charge in [0.25, 0.3) is 0 Å². The van der Waals surface area contributed by atoms with Gasteiger partial charge in [0.05, 0.1) is 10.3 Å². The van der Waals surface area contributed by atoms with Crippen molar-refractivity contribution in [2.24, 2.45) is 5.73 Å². The van der Waals surface area contributed by atoms with Crippen molar-refractivity contribution in [2.75, 3.05) is 6.54 Å². The van der Waals surface area contributed by atoms with E-state index in [0.717, 1.165) is 12.8 Å². The highest BCUT2D eigenvalue weighted by Crippen LogP contribution is 2.37. The molecule has 0 spiro atoms. The number of amides is 1. The zero-order chi connectivity index (χ0) is 10.8. The molecule has 1 aliphatic carbocycles. The van der Waals surface area contributed by atoms with Crippen LogP contribution in [0.4, 0.5) is 0 Å². The number of carbonyl (C=O) groups excluding carboxylic acids is 1. The molecule has 0 saturated carbocycles. The fourth-order valence-corrected chi connectivity index (χ4v) is 3.78. The summed E-state index contributed by atoms with van der Waals surface area (Å²) in [6.45, 7) is 0.261. The minimum absolute atomic E-state index is 0.261. The lowest BCUT2D eigenvalue weighted by atomic mass is 9.94. The van der Waals surface area contributed by atoms with Crippen molar-refractivity contribution in [3.05, 3.63) is 20.3 Å². The molecule has 2 rings (SSSR count). The van der Waals surface area contributed by atoms with Gasteiger partial charge in [0.2, 0.25) is 5.91 Å². The summed E-state index contributed by atoms with van der Waals surface area (Å²) in [7, 11) is 0. The fraction of sp³-hybridized carbons (Fsp3) is 0.500. The monoisotopic (exact) mass is 288 g/mol. The van der Waals surface area contributed by atoms with Crippen LogP contribution in [-0.2, 0) is 11.2 Å². The number of thiophene rings is 1. The molecule has 15 heavy (non-hydrogen) atoms. The minimum atomic E-state index is -0.295. The maximum atomic E-state index is 10.7. The number of aryl methyl sites for hydroxylation is 1. The summed E-state index contributed by atoms with van der Waals surface area (Å²) >= 11 is 5.29. The Morgan fingerprint density at radius 2 is 2.53 bits per heavy atom. The van der Waals surface area contributed by atoms with Crippen LogP contribution in [0.25, 0.3) is 0 Å². The predicted octanol–water partition coefficient (Wildman–Crippen LogP) is 1.96. The Morgan fingerprint density at radius 1 is 1.73 bits per heavy atom. The maximum Gasteiger partial charge on any atom is 0.231 e. The first kappa shape index (κ1) is 11.1. The number of hydrogen-bond donors (Lipinski definition) is 2. The van der Waals surface area contributed by atoms with Crippen LogP contribution >= 0.6 is 27.3 Å². The smallest absolute Gasteiger partial charge is 0.231 e. The number of rotatable bonds is 3. The van der Waals surface area contributed by atoms with Crippen molar-refractivity contribution >= 4 is 33.2 Å². The third kappa shape index (κ3) is 2.59. The first-order valence-corrected chi connectivity index (χ1v) is 6.57. The molecule has 1 amide bonds. The van der Waals surface area contributed by atoms with E-state index in [0.29, 0.717) is 6.04 Å². The van der Waals surface area contributed by atoms with Crippen LogP contribution in [-0.4, -0.2) is 12.5 Å². The molecule has 3 nitrogen and oxygen atoms in total. The average molecular weight is 289 g/mol. The second-order valence-electron chi connectivity index (χ2n) is 3.72. The molecular weight excluding hydrogens is 276 g/mol. The van der Waals surface area contributed by atoms with Crippen molar-refractivity contribution in [2.45, 2.75) is 25.3 Å². The largest absolute Gasteiger partial charge is 0.369 e. The van der Waals surface area contributed by atoms with Gasteiger partial charge in [0.15, 0.2) is 0 Å². The van der Waals surface area contributed by atoms with E-state index in [4.69, 9.17) is 5.73 Å². The minimum Gasteiger partial charge on any atom is -0.369 e. The van der Waals surface area contributed by atoms with Crippen LogP contribution in [0.5, 0.6) is 0 Å². The molecule has 0 radical (unpaired) electrons. The van der Waals surface area contributed by atoms with Crippen LogP contribution in [0.1, 0.15) is 29.3 Å². The van der Waals surface area contributed by atoms with Crippen molar-refractivity contribution in [3.8, 4) is 0 Å². The van der Waals surface area contributed by atoms with Gasteiger partial charge in [-0.3, -0.25) is 4.79 Å². The van der Waals surface area contributed by atoms with E-state index in [-0.39, 0.29) is 12.5 Å². The summed E-state index contributed by atoms with van der Waals surface area (Å²) < 4.78 is 1.17. The summed E-state index contributed by atoms with van der Waals surface area (Å²) in [5.41, 5.74) is 6.46. The van der Waals surface area contributed by atoms with Crippen molar-refractivity contribution in [1.82, 2.24) is 5.32 Å². The lowest BCUT2D eigenvalue weighted by Gasteiger charge is -2.22. The Balaban J connectivity index is 2.11. The third-order valence-electron chi connectivity index (χ3n) is 2.61. The normalized spacial score (nSPS) is 19.9. The molecule has 1 aliphatic rings. The zero-order valence-electron chi connectivity index (χ0n) is 8.25. The molecule has 1 unspecified atom stereocenters. The topological polar surface area (TPSA) is 55.1 Å². The van der Waals surface area contributed by atoms with E-state index in [1.54, 1.807) is 11.3 Å². The Labute approximate surface area is 101 Å². The third-order valence-corrected chi connectivity index (χ3v) is 4.32. The zero-order valence-corrected chi connectivity index (χ0v) is 10.7. The van der Waals surface area contributed by atoms with Crippen molar-refractivity contribution in [3.63, 3.8) is 0 Å². The summed E-state index contributed by atoms with van der Waals surface area (Å²) in [6.07, 6.45) is 3.42. The molecule has 0 bridgehead atoms. The Bertz CT molecular complexity index is 377. The van der Waals surface area contributed by atoms with Gasteiger partial charge in [-0.05, 0) is 46.8 Å². The van der Waals surface area contributed by atoms with Gasteiger partial charge in [-0.2, -0.15) is 0 Å². The second-order valence-corrected chi connectivity index (χ2v) is 6.24. The molecule has 0 aromatic carbocycles. The Kier molecular flexibility index (Phi) is 3.43. The Morgan fingerprint density at radius 3 is 3.27 bits per heavy atom. The van der Waals surface area contributed by atoms with Gasteiger partial charge < -0.3 is 11.1 Å².